The molecule has 0 radical (unpaired) electrons. The van der Waals surface area contributed by atoms with Crippen molar-refractivity contribution in [1.82, 2.24) is 4.98 Å². The first-order chi connectivity index (χ1) is 9.10. The Morgan fingerprint density at radius 2 is 1.85 bits per heavy atom. The van der Waals surface area contributed by atoms with Gasteiger partial charge in [-0.15, -0.1) is 24.8 Å². The lowest BCUT2D eigenvalue weighted by Gasteiger charge is -2.18. The van der Waals surface area contributed by atoms with Crippen molar-refractivity contribution in [2.45, 2.75) is 24.8 Å². The minimum atomic E-state index is -5.22. The minimum Gasteiger partial charge on any atom is -0.388 e. The molecule has 0 aliphatic rings. The molecule has 1 rings (SSSR count). The zero-order chi connectivity index (χ0) is 15.6. The van der Waals surface area contributed by atoms with Gasteiger partial charge in [0, 0.05) is 17.6 Å². The van der Waals surface area contributed by atoms with Crippen molar-refractivity contribution >= 4 is 11.6 Å². The Bertz CT molecular complexity index is 534. The normalized spacial score (nSPS) is 12.1. The number of alkyl halides is 7. The fourth-order valence-corrected chi connectivity index (χ4v) is 1.68. The van der Waals surface area contributed by atoms with E-state index < -0.39 is 47.4 Å². The highest BCUT2D eigenvalue weighted by Gasteiger charge is 2.40. The van der Waals surface area contributed by atoms with Gasteiger partial charge >= 0.3 is 12.5 Å². The Kier molecular flexibility index (Phi) is 4.70. The molecule has 1 aromatic rings. The molecule has 3 nitrogen and oxygen atoms in total. The molecule has 0 unspecified atom stereocenters. The number of hydrogen-bond donors (Lipinski definition) is 0. The number of hydrogen-bond acceptors (Lipinski definition) is 3. The summed E-state index contributed by atoms with van der Waals surface area (Å²) in [5.41, 5.74) is -2.95. The SMILES string of the molecule is N#CCc1c(OC(F)(F)F)ncc(CCl)c1C(F)(F)F. The lowest BCUT2D eigenvalue weighted by Crippen LogP contribution is -2.21. The summed E-state index contributed by atoms with van der Waals surface area (Å²) in [6, 6.07) is 1.34. The summed E-state index contributed by atoms with van der Waals surface area (Å²) >= 11 is 5.31. The fraction of sp³-hybridized carbons (Fsp3) is 0.400. The Hall–Kier alpha value is -1.69. The molecule has 0 saturated carbocycles. The predicted octanol–water partition coefficient (Wildman–Crippen LogP) is 3.80. The highest BCUT2D eigenvalue weighted by molar-refractivity contribution is 6.17. The number of pyridine rings is 1. The van der Waals surface area contributed by atoms with Crippen LogP contribution in [0.5, 0.6) is 5.88 Å². The van der Waals surface area contributed by atoms with E-state index in [-0.39, 0.29) is 0 Å². The van der Waals surface area contributed by atoms with Crippen molar-refractivity contribution in [3.63, 3.8) is 0 Å². The zero-order valence-corrected chi connectivity index (χ0v) is 10.2. The lowest BCUT2D eigenvalue weighted by atomic mass is 10.0. The lowest BCUT2D eigenvalue weighted by molar-refractivity contribution is -0.276. The average molecular weight is 319 g/mol. The van der Waals surface area contributed by atoms with E-state index in [1.807, 2.05) is 0 Å². The molecule has 1 heterocycles. The molecule has 1 aromatic heterocycles. The highest BCUT2D eigenvalue weighted by atomic mass is 35.5. The Balaban J connectivity index is 3.52. The molecule has 0 amide bonds. The first kappa shape index (κ1) is 16.4. The molecule has 0 aliphatic carbocycles. The van der Waals surface area contributed by atoms with Crippen LogP contribution < -0.4 is 4.74 Å². The van der Waals surface area contributed by atoms with Crippen molar-refractivity contribution < 1.29 is 31.1 Å². The van der Waals surface area contributed by atoms with E-state index in [0.29, 0.717) is 6.20 Å². The summed E-state index contributed by atoms with van der Waals surface area (Å²) in [5, 5.41) is 8.48. The molecule has 0 saturated heterocycles. The molecule has 0 atom stereocenters. The third-order valence-electron chi connectivity index (χ3n) is 2.11. The van der Waals surface area contributed by atoms with Gasteiger partial charge in [-0.25, -0.2) is 4.98 Å². The van der Waals surface area contributed by atoms with Gasteiger partial charge in [0.15, 0.2) is 0 Å². The van der Waals surface area contributed by atoms with Crippen LogP contribution in [-0.4, -0.2) is 11.3 Å². The maximum Gasteiger partial charge on any atom is 0.574 e. The van der Waals surface area contributed by atoms with Gasteiger partial charge in [0.1, 0.15) is 0 Å². The van der Waals surface area contributed by atoms with Crippen LogP contribution in [0, 0.1) is 11.3 Å². The van der Waals surface area contributed by atoms with Crippen LogP contribution in [0.1, 0.15) is 16.7 Å². The first-order valence-corrected chi connectivity index (χ1v) is 5.40. The molecular formula is C10H5ClF6N2O. The topological polar surface area (TPSA) is 45.9 Å². The highest BCUT2D eigenvalue weighted by Crippen LogP contribution is 2.39. The predicted molar refractivity (Wildman–Crippen MR) is 54.8 cm³/mol. The maximum absolute atomic E-state index is 12.9. The number of halogens is 7. The first-order valence-electron chi connectivity index (χ1n) is 4.86. The number of aromatic nitrogens is 1. The van der Waals surface area contributed by atoms with E-state index in [1.54, 1.807) is 0 Å². The Morgan fingerprint density at radius 1 is 1.25 bits per heavy atom. The average Bonchev–Trinajstić information content (AvgIpc) is 2.27. The second-order valence-electron chi connectivity index (χ2n) is 3.46. The second-order valence-corrected chi connectivity index (χ2v) is 3.72. The summed E-state index contributed by atoms with van der Waals surface area (Å²) in [6.07, 6.45) is -10.6. The molecule has 10 heteroatoms. The van der Waals surface area contributed by atoms with Crippen LogP contribution in [0.25, 0.3) is 0 Å². The van der Waals surface area contributed by atoms with Gasteiger partial charge in [0.2, 0.25) is 5.88 Å². The van der Waals surface area contributed by atoms with Gasteiger partial charge in [0.25, 0.3) is 0 Å². The third kappa shape index (κ3) is 3.90. The van der Waals surface area contributed by atoms with Crippen LogP contribution in [-0.2, 0) is 18.5 Å². The van der Waals surface area contributed by atoms with E-state index in [9.17, 15) is 26.3 Å². The van der Waals surface area contributed by atoms with E-state index in [4.69, 9.17) is 16.9 Å². The van der Waals surface area contributed by atoms with Crippen molar-refractivity contribution in [3.05, 3.63) is 22.9 Å². The molecule has 0 aromatic carbocycles. The molecule has 0 aliphatic heterocycles. The summed E-state index contributed by atoms with van der Waals surface area (Å²) in [7, 11) is 0. The Morgan fingerprint density at radius 3 is 2.25 bits per heavy atom. The molecule has 0 fully saturated rings. The second kappa shape index (κ2) is 5.75. The summed E-state index contributed by atoms with van der Waals surface area (Å²) in [5.74, 6) is -1.92. The van der Waals surface area contributed by atoms with Crippen LogP contribution in [0.15, 0.2) is 6.20 Å². The van der Waals surface area contributed by atoms with Gasteiger partial charge in [-0.2, -0.15) is 18.4 Å². The van der Waals surface area contributed by atoms with Gasteiger partial charge in [-0.05, 0) is 5.56 Å². The monoisotopic (exact) mass is 318 g/mol. The molecule has 110 valence electrons. The van der Waals surface area contributed by atoms with E-state index in [1.165, 1.54) is 6.07 Å². The number of nitriles is 1. The molecule has 0 N–H and O–H groups in total. The number of nitrogens with zero attached hydrogens (tertiary/aromatic N) is 2. The van der Waals surface area contributed by atoms with Crippen LogP contribution in [0.3, 0.4) is 0 Å². The van der Waals surface area contributed by atoms with Crippen LogP contribution in [0.2, 0.25) is 0 Å². The van der Waals surface area contributed by atoms with E-state index in [0.717, 1.165) is 0 Å². The van der Waals surface area contributed by atoms with Crippen molar-refractivity contribution in [2.75, 3.05) is 0 Å². The van der Waals surface area contributed by atoms with Crippen molar-refractivity contribution in [2.24, 2.45) is 0 Å². The number of ether oxygens (including phenoxy) is 1. The van der Waals surface area contributed by atoms with Gasteiger partial charge in [-0.3, -0.25) is 0 Å². The maximum atomic E-state index is 12.9. The van der Waals surface area contributed by atoms with Crippen molar-refractivity contribution in [1.29, 1.82) is 5.26 Å². The minimum absolute atomic E-state index is 0.529. The molecule has 20 heavy (non-hydrogen) atoms. The van der Waals surface area contributed by atoms with Gasteiger partial charge in [0.05, 0.1) is 18.1 Å². The molecular weight excluding hydrogens is 314 g/mol. The summed E-state index contributed by atoms with van der Waals surface area (Å²) in [6.45, 7) is 0. The van der Waals surface area contributed by atoms with Gasteiger partial charge in [-0.1, -0.05) is 0 Å². The Labute approximate surface area is 113 Å². The largest absolute Gasteiger partial charge is 0.574 e. The third-order valence-corrected chi connectivity index (χ3v) is 2.40. The molecule has 0 bridgehead atoms. The van der Waals surface area contributed by atoms with Gasteiger partial charge < -0.3 is 4.74 Å². The standard InChI is InChI=1S/C10H5ClF6N2O/c11-3-5-4-19-8(20-10(15,16)17)6(1-2-18)7(5)9(12,13)14/h4H,1,3H2. The summed E-state index contributed by atoms with van der Waals surface area (Å²) in [4.78, 5) is 3.15. The molecule has 0 spiro atoms. The quantitative estimate of drug-likeness (QED) is 0.629. The van der Waals surface area contributed by atoms with Crippen molar-refractivity contribution in [3.8, 4) is 11.9 Å². The van der Waals surface area contributed by atoms with Crippen LogP contribution in [0.4, 0.5) is 26.3 Å². The van der Waals surface area contributed by atoms with E-state index >= 15 is 0 Å². The smallest absolute Gasteiger partial charge is 0.388 e. The van der Waals surface area contributed by atoms with Crippen LogP contribution >= 0.6 is 11.6 Å². The number of rotatable bonds is 3. The fourth-order valence-electron chi connectivity index (χ4n) is 1.47. The van der Waals surface area contributed by atoms with E-state index in [2.05, 4.69) is 9.72 Å². The zero-order valence-electron chi connectivity index (χ0n) is 9.44. The summed E-state index contributed by atoms with van der Waals surface area (Å²) < 4.78 is 78.5.